The van der Waals surface area contributed by atoms with E-state index in [1.54, 1.807) is 0 Å². The molecule has 0 radical (unpaired) electrons. The average Bonchev–Trinajstić information content (AvgIpc) is 3.96. The zero-order valence-electron chi connectivity index (χ0n) is 39.1. The Labute approximate surface area is 381 Å². The lowest BCUT2D eigenvalue weighted by Crippen LogP contribution is -2.10. The summed E-state index contributed by atoms with van der Waals surface area (Å²) in [5.41, 5.74) is 11.0. The maximum atomic E-state index is 9.85. The largest absolute Gasteiger partial charge is 0.455 e. The van der Waals surface area contributed by atoms with Gasteiger partial charge in [-0.1, -0.05) is 170 Å². The summed E-state index contributed by atoms with van der Waals surface area (Å²) in [5.74, 6) is 0. The van der Waals surface area contributed by atoms with Crippen molar-refractivity contribution in [3.8, 4) is 39.1 Å². The highest BCUT2D eigenvalue weighted by atomic mass is 16.3. The van der Waals surface area contributed by atoms with Crippen LogP contribution in [0, 0.1) is 0 Å². The van der Waals surface area contributed by atoms with Crippen LogP contribution in [0.25, 0.3) is 104 Å². The summed E-state index contributed by atoms with van der Waals surface area (Å²) in [5, 5.41) is 8.41. The van der Waals surface area contributed by atoms with Crippen LogP contribution in [0.2, 0.25) is 0 Å². The molecule has 0 aliphatic carbocycles. The van der Waals surface area contributed by atoms with Crippen molar-refractivity contribution >= 4 is 82.4 Å². The highest BCUT2D eigenvalue weighted by Gasteiger charge is 2.21. The Hall–Kier alpha value is -8.66. The van der Waals surface area contributed by atoms with Crippen LogP contribution in [0.3, 0.4) is 0 Å². The van der Waals surface area contributed by atoms with Gasteiger partial charge in [0.25, 0.3) is 0 Å². The number of hydrogen-bond acceptors (Lipinski definition) is 2. The molecule has 304 valence electrons. The first-order chi connectivity index (χ1) is 33.9. The minimum Gasteiger partial charge on any atom is -0.455 e. The molecule has 13 rings (SSSR count). The average molecular weight is 833 g/mol. The Morgan fingerprint density at radius 3 is 1.68 bits per heavy atom. The second-order valence-corrected chi connectivity index (χ2v) is 16.6. The summed E-state index contributed by atoms with van der Waals surface area (Å²) in [4.78, 5) is 1.87. The fraction of sp³-hybridized carbons (Fsp3) is 0. The number of aromatic nitrogens is 1. The van der Waals surface area contributed by atoms with Crippen LogP contribution in [0.5, 0.6) is 0 Å². The SMILES string of the molecule is [2H]c1c([2H])c(N(c2ccc(-c3ccc(-c4ccc5ccccc5c4)cc3)cc2)c2cccc3oc4c5ccccc5ccc4c23)c([2H])c([2H])c1-c1cccc(-n2c3ccccc3c3ccccc32)c1. The number of nitrogens with zero attached hydrogens (tertiary/aromatic N) is 2. The second-order valence-electron chi connectivity index (χ2n) is 16.6. The maximum absolute atomic E-state index is 9.85. The lowest BCUT2D eigenvalue weighted by molar-refractivity contribution is 0.672. The van der Waals surface area contributed by atoms with Gasteiger partial charge in [-0.15, -0.1) is 0 Å². The van der Waals surface area contributed by atoms with E-state index in [0.717, 1.165) is 76.9 Å². The van der Waals surface area contributed by atoms with E-state index < -0.39 is 0 Å². The maximum Gasteiger partial charge on any atom is 0.143 e. The third-order valence-electron chi connectivity index (χ3n) is 12.8. The van der Waals surface area contributed by atoms with Crippen molar-refractivity contribution in [2.45, 2.75) is 0 Å². The molecule has 0 saturated heterocycles. The molecule has 0 spiro atoms. The number of benzene rings is 11. The van der Waals surface area contributed by atoms with Gasteiger partial charge in [0.2, 0.25) is 0 Å². The van der Waals surface area contributed by atoms with Gasteiger partial charge < -0.3 is 13.9 Å². The van der Waals surface area contributed by atoms with Crippen molar-refractivity contribution in [3.05, 3.63) is 243 Å². The van der Waals surface area contributed by atoms with Gasteiger partial charge in [-0.3, -0.25) is 0 Å². The van der Waals surface area contributed by atoms with E-state index in [-0.39, 0.29) is 35.4 Å². The molecule has 0 N–H and O–H groups in total. The van der Waals surface area contributed by atoms with Gasteiger partial charge in [-0.05, 0) is 122 Å². The van der Waals surface area contributed by atoms with E-state index in [1.165, 1.54) is 10.8 Å². The summed E-state index contributed by atoms with van der Waals surface area (Å²) in [6, 6.07) is 73.6. The predicted octanol–water partition coefficient (Wildman–Crippen LogP) is 17.5. The topological polar surface area (TPSA) is 21.3 Å². The standard InChI is InChI=1S/C62H40N2O/c1-2-13-47-39-49(28-27-41(47)11-1)44-25-23-42(24-26-44)43-29-34-50(35-30-43)63(59-21-10-22-60-61(59)56-38-33-46-12-3-4-16-53(46)62(56)65-60)51-36-31-45(32-37-51)48-14-9-15-52(40-48)64-57-19-7-5-17-54(57)55-18-6-8-20-58(55)64/h1-40H/i31D,32D,36D,37D. The first kappa shape index (κ1) is 33.0. The fourth-order valence-corrected chi connectivity index (χ4v) is 9.70. The van der Waals surface area contributed by atoms with Gasteiger partial charge in [0, 0.05) is 38.6 Å². The Morgan fingerprint density at radius 2 is 0.938 bits per heavy atom. The van der Waals surface area contributed by atoms with Crippen LogP contribution < -0.4 is 4.90 Å². The summed E-state index contributed by atoms with van der Waals surface area (Å²) in [7, 11) is 0. The Bertz CT molecular complexity index is 4110. The monoisotopic (exact) mass is 832 g/mol. The molecule has 0 unspecified atom stereocenters. The van der Waals surface area contributed by atoms with Crippen molar-refractivity contribution < 1.29 is 9.90 Å². The number of para-hydroxylation sites is 2. The van der Waals surface area contributed by atoms with Crippen LogP contribution in [0.4, 0.5) is 17.1 Å². The molecule has 0 saturated carbocycles. The third kappa shape index (κ3) is 6.20. The molecular formula is C62H40N2O. The molecule has 13 aromatic rings. The van der Waals surface area contributed by atoms with E-state index in [1.807, 2.05) is 95.9 Å². The van der Waals surface area contributed by atoms with E-state index in [2.05, 4.69) is 132 Å². The van der Waals surface area contributed by atoms with Gasteiger partial charge in [0.1, 0.15) is 11.2 Å². The van der Waals surface area contributed by atoms with Crippen LogP contribution in [-0.4, -0.2) is 4.57 Å². The summed E-state index contributed by atoms with van der Waals surface area (Å²) < 4.78 is 48.0. The Morgan fingerprint density at radius 1 is 0.369 bits per heavy atom. The molecule has 0 aliphatic heterocycles. The van der Waals surface area contributed by atoms with Crippen molar-refractivity contribution in [2.75, 3.05) is 4.90 Å². The number of hydrogen-bond donors (Lipinski definition) is 0. The van der Waals surface area contributed by atoms with Crippen molar-refractivity contribution in [2.24, 2.45) is 0 Å². The lowest BCUT2D eigenvalue weighted by Gasteiger charge is -2.26. The highest BCUT2D eigenvalue weighted by molar-refractivity contribution is 6.19. The predicted molar refractivity (Wildman–Crippen MR) is 274 cm³/mol. The van der Waals surface area contributed by atoms with E-state index in [0.29, 0.717) is 22.5 Å². The molecule has 65 heavy (non-hydrogen) atoms. The van der Waals surface area contributed by atoms with Crippen LogP contribution in [0.15, 0.2) is 247 Å². The minimum absolute atomic E-state index is 0.131. The van der Waals surface area contributed by atoms with Gasteiger partial charge in [0.05, 0.1) is 27.6 Å². The molecule has 3 heteroatoms. The zero-order valence-corrected chi connectivity index (χ0v) is 35.1. The first-order valence-electron chi connectivity index (χ1n) is 23.9. The molecule has 0 fully saturated rings. The molecule has 0 aliphatic rings. The number of furan rings is 1. The molecule has 2 aromatic heterocycles. The summed E-state index contributed by atoms with van der Waals surface area (Å²) in [6.45, 7) is 0. The van der Waals surface area contributed by atoms with Gasteiger partial charge in [0.15, 0.2) is 0 Å². The van der Waals surface area contributed by atoms with Crippen LogP contribution in [0.1, 0.15) is 5.48 Å². The van der Waals surface area contributed by atoms with Gasteiger partial charge in [-0.25, -0.2) is 0 Å². The summed E-state index contributed by atoms with van der Waals surface area (Å²) in [6.07, 6.45) is 0. The highest BCUT2D eigenvalue weighted by Crippen LogP contribution is 2.45. The summed E-state index contributed by atoms with van der Waals surface area (Å²) >= 11 is 0. The first-order valence-corrected chi connectivity index (χ1v) is 21.9. The van der Waals surface area contributed by atoms with E-state index in [9.17, 15) is 5.48 Å². The number of fused-ring (bicyclic) bond motifs is 9. The van der Waals surface area contributed by atoms with Gasteiger partial charge >= 0.3 is 0 Å². The van der Waals surface area contributed by atoms with Crippen molar-refractivity contribution in [3.63, 3.8) is 0 Å². The Kier molecular flexibility index (Phi) is 7.61. The molecule has 3 nitrogen and oxygen atoms in total. The lowest BCUT2D eigenvalue weighted by atomic mass is 9.98. The van der Waals surface area contributed by atoms with E-state index in [4.69, 9.17) is 4.42 Å². The molecule has 11 aromatic carbocycles. The van der Waals surface area contributed by atoms with Gasteiger partial charge in [-0.2, -0.15) is 0 Å². The van der Waals surface area contributed by atoms with E-state index >= 15 is 0 Å². The van der Waals surface area contributed by atoms with Crippen molar-refractivity contribution in [1.82, 2.24) is 4.57 Å². The molecule has 2 heterocycles. The normalized spacial score (nSPS) is 12.6. The van der Waals surface area contributed by atoms with Crippen molar-refractivity contribution in [1.29, 1.82) is 0 Å². The second kappa shape index (κ2) is 15.0. The Balaban J connectivity index is 0.959. The molecular weight excluding hydrogens is 789 g/mol. The quantitative estimate of drug-likeness (QED) is 0.160. The fourth-order valence-electron chi connectivity index (χ4n) is 9.70. The zero-order chi connectivity index (χ0) is 46.3. The molecule has 0 amide bonds. The minimum atomic E-state index is -0.156. The smallest absolute Gasteiger partial charge is 0.143 e. The molecule has 0 atom stereocenters. The number of rotatable bonds is 7. The van der Waals surface area contributed by atoms with Crippen LogP contribution >= 0.6 is 0 Å². The molecule has 0 bridgehead atoms. The number of anilines is 3. The van der Waals surface area contributed by atoms with Crippen LogP contribution in [-0.2, 0) is 0 Å². The third-order valence-corrected chi connectivity index (χ3v) is 12.8.